The minimum atomic E-state index is -0.676. The van der Waals surface area contributed by atoms with Gasteiger partial charge >= 0.3 is 0 Å². The van der Waals surface area contributed by atoms with Crippen molar-refractivity contribution in [1.29, 1.82) is 0 Å². The number of likely N-dealkylation sites (N-methyl/N-ethyl adjacent to an activating group) is 1. The van der Waals surface area contributed by atoms with Crippen LogP contribution in [-0.4, -0.2) is 55.9 Å². The third-order valence-electron chi connectivity index (χ3n) is 2.72. The molecule has 19 heavy (non-hydrogen) atoms. The maximum Gasteiger partial charge on any atom is 0.255 e. The SMILES string of the molecule is CCNc1ccccc1C(=O)N(C)CC(O)COC. The molecule has 5 nitrogen and oxygen atoms in total. The monoisotopic (exact) mass is 266 g/mol. The molecule has 1 aromatic rings. The van der Waals surface area contributed by atoms with Crippen molar-refractivity contribution in [2.45, 2.75) is 13.0 Å². The molecule has 1 rings (SSSR count). The summed E-state index contributed by atoms with van der Waals surface area (Å²) in [6.07, 6.45) is -0.676. The molecular formula is C14H22N2O3. The third-order valence-corrected chi connectivity index (χ3v) is 2.72. The van der Waals surface area contributed by atoms with E-state index in [9.17, 15) is 9.90 Å². The van der Waals surface area contributed by atoms with Gasteiger partial charge in [0.25, 0.3) is 5.91 Å². The molecule has 0 saturated heterocycles. The average Bonchev–Trinajstić information content (AvgIpc) is 2.39. The Morgan fingerprint density at radius 2 is 2.16 bits per heavy atom. The lowest BCUT2D eigenvalue weighted by Gasteiger charge is -2.22. The van der Waals surface area contributed by atoms with Crippen LogP contribution in [0.15, 0.2) is 24.3 Å². The second kappa shape index (κ2) is 7.76. The number of aliphatic hydroxyl groups excluding tert-OH is 1. The third kappa shape index (κ3) is 4.54. The zero-order valence-corrected chi connectivity index (χ0v) is 11.7. The van der Waals surface area contributed by atoms with Crippen LogP contribution in [0.5, 0.6) is 0 Å². The van der Waals surface area contributed by atoms with E-state index < -0.39 is 6.10 Å². The molecule has 0 aliphatic rings. The van der Waals surface area contributed by atoms with Crippen molar-refractivity contribution >= 4 is 11.6 Å². The van der Waals surface area contributed by atoms with Gasteiger partial charge in [0, 0.05) is 32.9 Å². The van der Waals surface area contributed by atoms with E-state index in [0.717, 1.165) is 12.2 Å². The Hall–Kier alpha value is -1.59. The van der Waals surface area contributed by atoms with Crippen LogP contribution in [0.25, 0.3) is 0 Å². The highest BCUT2D eigenvalue weighted by Gasteiger charge is 2.17. The number of ether oxygens (including phenoxy) is 1. The van der Waals surface area contributed by atoms with Gasteiger partial charge in [0.05, 0.1) is 18.3 Å². The van der Waals surface area contributed by atoms with E-state index >= 15 is 0 Å². The second-order valence-corrected chi connectivity index (χ2v) is 4.37. The van der Waals surface area contributed by atoms with E-state index in [4.69, 9.17) is 4.74 Å². The van der Waals surface area contributed by atoms with Crippen LogP contribution in [0, 0.1) is 0 Å². The van der Waals surface area contributed by atoms with E-state index in [0.29, 0.717) is 5.56 Å². The number of anilines is 1. The molecule has 0 radical (unpaired) electrons. The van der Waals surface area contributed by atoms with Gasteiger partial charge < -0.3 is 20.1 Å². The van der Waals surface area contributed by atoms with Gasteiger partial charge in [0.2, 0.25) is 0 Å². The van der Waals surface area contributed by atoms with Crippen LogP contribution < -0.4 is 5.32 Å². The zero-order chi connectivity index (χ0) is 14.3. The normalized spacial score (nSPS) is 12.0. The molecule has 0 bridgehead atoms. The van der Waals surface area contributed by atoms with Gasteiger partial charge in [-0.15, -0.1) is 0 Å². The topological polar surface area (TPSA) is 61.8 Å². The van der Waals surface area contributed by atoms with E-state index in [2.05, 4.69) is 5.32 Å². The molecule has 1 unspecified atom stereocenters. The van der Waals surface area contributed by atoms with Gasteiger partial charge in [-0.1, -0.05) is 12.1 Å². The lowest BCUT2D eigenvalue weighted by Crippen LogP contribution is -2.36. The van der Waals surface area contributed by atoms with Crippen LogP contribution >= 0.6 is 0 Å². The summed E-state index contributed by atoms with van der Waals surface area (Å²) in [7, 11) is 3.19. The molecule has 0 fully saturated rings. The summed E-state index contributed by atoms with van der Waals surface area (Å²) in [6.45, 7) is 3.19. The average molecular weight is 266 g/mol. The molecule has 0 saturated carbocycles. The summed E-state index contributed by atoms with van der Waals surface area (Å²) in [5.41, 5.74) is 1.42. The van der Waals surface area contributed by atoms with E-state index in [1.54, 1.807) is 13.1 Å². The predicted molar refractivity (Wildman–Crippen MR) is 75.4 cm³/mol. The number of rotatable bonds is 7. The van der Waals surface area contributed by atoms with E-state index in [1.807, 2.05) is 25.1 Å². The minimum absolute atomic E-state index is 0.119. The minimum Gasteiger partial charge on any atom is -0.389 e. The van der Waals surface area contributed by atoms with Gasteiger partial charge in [-0.2, -0.15) is 0 Å². The number of aliphatic hydroxyl groups is 1. The number of nitrogens with one attached hydrogen (secondary N) is 1. The summed E-state index contributed by atoms with van der Waals surface area (Å²) in [4.78, 5) is 13.8. The van der Waals surface area contributed by atoms with Crippen LogP contribution in [0.1, 0.15) is 17.3 Å². The maximum atomic E-state index is 12.3. The second-order valence-electron chi connectivity index (χ2n) is 4.37. The van der Waals surface area contributed by atoms with Gasteiger partial charge in [-0.3, -0.25) is 4.79 Å². The van der Waals surface area contributed by atoms with E-state index in [-0.39, 0.29) is 19.1 Å². The molecular weight excluding hydrogens is 244 g/mol. The van der Waals surface area contributed by atoms with Crippen molar-refractivity contribution in [3.8, 4) is 0 Å². The molecule has 106 valence electrons. The smallest absolute Gasteiger partial charge is 0.255 e. The van der Waals surface area contributed by atoms with Gasteiger partial charge in [0.1, 0.15) is 0 Å². The molecule has 1 aromatic carbocycles. The first kappa shape index (κ1) is 15.5. The predicted octanol–water partition coefficient (Wildman–Crippen LogP) is 1.20. The van der Waals surface area contributed by atoms with Crippen molar-refractivity contribution in [2.75, 3.05) is 39.2 Å². The highest BCUT2D eigenvalue weighted by Crippen LogP contribution is 2.16. The number of para-hydroxylation sites is 1. The summed E-state index contributed by atoms with van der Waals surface area (Å²) >= 11 is 0. The number of hydrogen-bond donors (Lipinski definition) is 2. The Morgan fingerprint density at radius 3 is 2.79 bits per heavy atom. The number of carbonyl (C=O) groups excluding carboxylic acids is 1. The fourth-order valence-electron chi connectivity index (χ4n) is 1.86. The van der Waals surface area contributed by atoms with Crippen molar-refractivity contribution in [3.05, 3.63) is 29.8 Å². The molecule has 0 aromatic heterocycles. The highest BCUT2D eigenvalue weighted by atomic mass is 16.5. The summed E-state index contributed by atoms with van der Waals surface area (Å²) in [6, 6.07) is 7.36. The number of amides is 1. The standard InChI is InChI=1S/C14H22N2O3/c1-4-15-13-8-6-5-7-12(13)14(18)16(2)9-11(17)10-19-3/h5-8,11,15,17H,4,9-10H2,1-3H3. The quantitative estimate of drug-likeness (QED) is 0.778. The van der Waals surface area contributed by atoms with Gasteiger partial charge in [-0.05, 0) is 19.1 Å². The first-order valence-electron chi connectivity index (χ1n) is 6.35. The molecule has 2 N–H and O–H groups in total. The first-order valence-corrected chi connectivity index (χ1v) is 6.35. The Labute approximate surface area is 114 Å². The van der Waals surface area contributed by atoms with Crippen LogP contribution in [0.4, 0.5) is 5.69 Å². The van der Waals surface area contributed by atoms with Crippen molar-refractivity contribution in [1.82, 2.24) is 4.90 Å². The Bertz CT molecular complexity index is 409. The van der Waals surface area contributed by atoms with Crippen LogP contribution in [0.2, 0.25) is 0 Å². The molecule has 1 atom stereocenters. The Morgan fingerprint density at radius 1 is 1.47 bits per heavy atom. The maximum absolute atomic E-state index is 12.3. The largest absolute Gasteiger partial charge is 0.389 e. The fourth-order valence-corrected chi connectivity index (χ4v) is 1.86. The molecule has 0 aliphatic heterocycles. The van der Waals surface area contributed by atoms with Crippen molar-refractivity contribution in [3.63, 3.8) is 0 Å². The van der Waals surface area contributed by atoms with Crippen molar-refractivity contribution < 1.29 is 14.6 Å². The lowest BCUT2D eigenvalue weighted by atomic mass is 10.1. The Balaban J connectivity index is 2.76. The van der Waals surface area contributed by atoms with Gasteiger partial charge in [0.15, 0.2) is 0 Å². The van der Waals surface area contributed by atoms with Crippen LogP contribution in [-0.2, 0) is 4.74 Å². The van der Waals surface area contributed by atoms with E-state index in [1.165, 1.54) is 12.0 Å². The number of hydrogen-bond acceptors (Lipinski definition) is 4. The summed E-state index contributed by atoms with van der Waals surface area (Å²) < 4.78 is 4.85. The fraction of sp³-hybridized carbons (Fsp3) is 0.500. The number of carbonyl (C=O) groups is 1. The van der Waals surface area contributed by atoms with Gasteiger partial charge in [-0.25, -0.2) is 0 Å². The van der Waals surface area contributed by atoms with Crippen LogP contribution in [0.3, 0.4) is 0 Å². The number of methoxy groups -OCH3 is 1. The Kier molecular flexibility index (Phi) is 6.32. The molecule has 0 spiro atoms. The first-order chi connectivity index (χ1) is 9.10. The molecule has 5 heteroatoms. The highest BCUT2D eigenvalue weighted by molar-refractivity contribution is 5.99. The lowest BCUT2D eigenvalue weighted by molar-refractivity contribution is 0.0380. The van der Waals surface area contributed by atoms with Crippen molar-refractivity contribution in [2.24, 2.45) is 0 Å². The molecule has 0 aliphatic carbocycles. The molecule has 0 heterocycles. The summed E-state index contributed by atoms with van der Waals surface area (Å²) in [5.74, 6) is -0.119. The zero-order valence-electron chi connectivity index (χ0n) is 11.7. The number of nitrogens with zero attached hydrogens (tertiary/aromatic N) is 1. The number of benzene rings is 1. The summed E-state index contributed by atoms with van der Waals surface area (Å²) in [5, 5.41) is 12.8. The molecule has 1 amide bonds.